The first-order valence-electron chi connectivity index (χ1n) is 11.5. The van der Waals surface area contributed by atoms with E-state index >= 15 is 0 Å². The SMILES string of the molecule is Cc1cnc(-c2ccnc(C(C)(C)C)n2)cc1-n1c(C)cc(OCc2ccc(F)cc2)c(C)c1=O. The van der Waals surface area contributed by atoms with Crippen LogP contribution in [0.3, 0.4) is 0 Å². The smallest absolute Gasteiger partial charge is 0.261 e. The van der Waals surface area contributed by atoms with Crippen LogP contribution in [0.2, 0.25) is 0 Å². The number of halogens is 1. The lowest BCUT2D eigenvalue weighted by Crippen LogP contribution is -2.24. The molecule has 0 spiro atoms. The molecule has 180 valence electrons. The lowest BCUT2D eigenvalue weighted by molar-refractivity contribution is 0.302. The summed E-state index contributed by atoms with van der Waals surface area (Å²) < 4.78 is 20.8. The zero-order valence-corrected chi connectivity index (χ0v) is 20.9. The summed E-state index contributed by atoms with van der Waals surface area (Å²) in [5.74, 6) is 0.934. The second-order valence-electron chi connectivity index (χ2n) is 9.70. The first-order valence-corrected chi connectivity index (χ1v) is 11.5. The van der Waals surface area contributed by atoms with Crippen molar-refractivity contribution in [2.75, 3.05) is 0 Å². The highest BCUT2D eigenvalue weighted by molar-refractivity contribution is 5.59. The molecule has 4 rings (SSSR count). The van der Waals surface area contributed by atoms with Gasteiger partial charge in [-0.1, -0.05) is 32.9 Å². The summed E-state index contributed by atoms with van der Waals surface area (Å²) in [7, 11) is 0. The monoisotopic (exact) mass is 472 g/mol. The largest absolute Gasteiger partial charge is 0.488 e. The minimum Gasteiger partial charge on any atom is -0.488 e. The maximum atomic E-state index is 13.4. The third kappa shape index (κ3) is 5.14. The lowest BCUT2D eigenvalue weighted by atomic mass is 9.95. The summed E-state index contributed by atoms with van der Waals surface area (Å²) in [6.07, 6.45) is 3.49. The Morgan fingerprint density at radius 3 is 2.37 bits per heavy atom. The maximum Gasteiger partial charge on any atom is 0.261 e. The van der Waals surface area contributed by atoms with E-state index < -0.39 is 0 Å². The van der Waals surface area contributed by atoms with Crippen LogP contribution in [0.15, 0.2) is 59.7 Å². The topological polar surface area (TPSA) is 69.9 Å². The molecule has 0 fully saturated rings. The van der Waals surface area contributed by atoms with E-state index in [1.165, 1.54) is 12.1 Å². The Labute approximate surface area is 204 Å². The first kappa shape index (κ1) is 24.3. The molecule has 35 heavy (non-hydrogen) atoms. The number of aromatic nitrogens is 4. The van der Waals surface area contributed by atoms with E-state index in [4.69, 9.17) is 9.72 Å². The highest BCUT2D eigenvalue weighted by Gasteiger charge is 2.19. The Bertz CT molecular complexity index is 1440. The molecule has 0 saturated heterocycles. The van der Waals surface area contributed by atoms with E-state index in [-0.39, 0.29) is 23.4 Å². The van der Waals surface area contributed by atoms with Gasteiger partial charge in [0.15, 0.2) is 0 Å². The molecule has 0 unspecified atom stereocenters. The van der Waals surface area contributed by atoms with Crippen molar-refractivity contribution in [1.82, 2.24) is 19.5 Å². The summed E-state index contributed by atoms with van der Waals surface area (Å²) in [5, 5.41) is 0. The van der Waals surface area contributed by atoms with Crippen LogP contribution in [0, 0.1) is 26.6 Å². The Morgan fingerprint density at radius 1 is 0.971 bits per heavy atom. The summed E-state index contributed by atoms with van der Waals surface area (Å²) in [6, 6.07) is 11.7. The van der Waals surface area contributed by atoms with Crippen LogP contribution in [0.25, 0.3) is 17.1 Å². The summed E-state index contributed by atoms with van der Waals surface area (Å²) in [4.78, 5) is 27.1. The van der Waals surface area contributed by atoms with Gasteiger partial charge in [0.2, 0.25) is 0 Å². The summed E-state index contributed by atoms with van der Waals surface area (Å²) in [6.45, 7) is 12.0. The van der Waals surface area contributed by atoms with Gasteiger partial charge in [-0.25, -0.2) is 14.4 Å². The van der Waals surface area contributed by atoms with E-state index in [1.54, 1.807) is 36.0 Å². The molecule has 1 aromatic carbocycles. The number of hydrogen-bond donors (Lipinski definition) is 0. The molecule has 0 aliphatic heterocycles. The predicted octanol–water partition coefficient (Wildman–Crippen LogP) is 5.63. The molecule has 3 aromatic heterocycles. The molecule has 0 radical (unpaired) electrons. The second-order valence-corrected chi connectivity index (χ2v) is 9.70. The van der Waals surface area contributed by atoms with Crippen LogP contribution >= 0.6 is 0 Å². The molecule has 0 amide bonds. The van der Waals surface area contributed by atoms with Crippen LogP contribution in [-0.2, 0) is 12.0 Å². The van der Waals surface area contributed by atoms with Crippen molar-refractivity contribution in [1.29, 1.82) is 0 Å². The number of rotatable bonds is 5. The van der Waals surface area contributed by atoms with Crippen molar-refractivity contribution in [3.05, 3.63) is 99.2 Å². The van der Waals surface area contributed by atoms with E-state index in [1.807, 2.05) is 32.0 Å². The Balaban J connectivity index is 1.72. The normalized spacial score (nSPS) is 11.5. The lowest BCUT2D eigenvalue weighted by Gasteiger charge is -2.18. The average molecular weight is 473 g/mol. The number of pyridine rings is 2. The van der Waals surface area contributed by atoms with Crippen LogP contribution in [0.1, 0.15) is 49.0 Å². The van der Waals surface area contributed by atoms with Gasteiger partial charge in [-0.3, -0.25) is 14.3 Å². The molecule has 4 aromatic rings. The Hall–Kier alpha value is -3.87. The highest BCUT2D eigenvalue weighted by Crippen LogP contribution is 2.26. The molecule has 7 heteroatoms. The zero-order valence-electron chi connectivity index (χ0n) is 20.9. The Kier molecular flexibility index (Phi) is 6.52. The molecule has 0 atom stereocenters. The number of ether oxygens (including phenoxy) is 1. The van der Waals surface area contributed by atoms with Gasteiger partial charge in [-0.15, -0.1) is 0 Å². The molecule has 3 heterocycles. The van der Waals surface area contributed by atoms with Crippen molar-refractivity contribution >= 4 is 0 Å². The molecule has 6 nitrogen and oxygen atoms in total. The minimum absolute atomic E-state index is 0.169. The third-order valence-corrected chi connectivity index (χ3v) is 5.80. The number of aryl methyl sites for hydroxylation is 2. The summed E-state index contributed by atoms with van der Waals surface area (Å²) >= 11 is 0. The fourth-order valence-electron chi connectivity index (χ4n) is 3.74. The fourth-order valence-corrected chi connectivity index (χ4v) is 3.74. The van der Waals surface area contributed by atoms with Gasteiger partial charge in [0.05, 0.1) is 22.6 Å². The van der Waals surface area contributed by atoms with Crippen molar-refractivity contribution < 1.29 is 9.13 Å². The molecule has 0 aliphatic carbocycles. The van der Waals surface area contributed by atoms with E-state index in [0.717, 1.165) is 28.3 Å². The van der Waals surface area contributed by atoms with Crippen molar-refractivity contribution in [3.63, 3.8) is 0 Å². The minimum atomic E-state index is -0.299. The second kappa shape index (κ2) is 9.41. The zero-order chi connectivity index (χ0) is 25.3. The summed E-state index contributed by atoms with van der Waals surface area (Å²) in [5.41, 5.74) is 4.65. The van der Waals surface area contributed by atoms with Gasteiger partial charge in [-0.05, 0) is 56.2 Å². The van der Waals surface area contributed by atoms with E-state index in [9.17, 15) is 9.18 Å². The number of nitrogens with zero attached hydrogens (tertiary/aromatic N) is 4. The fraction of sp³-hybridized carbons (Fsp3) is 0.286. The quantitative estimate of drug-likeness (QED) is 0.376. The van der Waals surface area contributed by atoms with Crippen LogP contribution in [-0.4, -0.2) is 19.5 Å². The maximum absolute atomic E-state index is 13.4. The third-order valence-electron chi connectivity index (χ3n) is 5.80. The van der Waals surface area contributed by atoms with E-state index in [0.29, 0.717) is 22.7 Å². The van der Waals surface area contributed by atoms with E-state index in [2.05, 4.69) is 30.7 Å². The predicted molar refractivity (Wildman–Crippen MR) is 135 cm³/mol. The van der Waals surface area contributed by atoms with Gasteiger partial charge in [0, 0.05) is 29.6 Å². The van der Waals surface area contributed by atoms with Crippen LogP contribution in [0.5, 0.6) is 5.75 Å². The van der Waals surface area contributed by atoms with Gasteiger partial charge in [0.25, 0.3) is 5.56 Å². The molecule has 0 N–H and O–H groups in total. The molecule has 0 aliphatic rings. The van der Waals surface area contributed by atoms with Gasteiger partial charge in [0.1, 0.15) is 24.0 Å². The highest BCUT2D eigenvalue weighted by atomic mass is 19.1. The molecular weight excluding hydrogens is 443 g/mol. The van der Waals surface area contributed by atoms with Crippen LogP contribution < -0.4 is 10.3 Å². The first-order chi connectivity index (χ1) is 16.5. The number of hydrogen-bond acceptors (Lipinski definition) is 5. The van der Waals surface area contributed by atoms with Gasteiger partial charge in [-0.2, -0.15) is 0 Å². The van der Waals surface area contributed by atoms with Crippen molar-refractivity contribution in [2.24, 2.45) is 0 Å². The van der Waals surface area contributed by atoms with Crippen molar-refractivity contribution in [3.8, 4) is 22.8 Å². The van der Waals surface area contributed by atoms with Crippen molar-refractivity contribution in [2.45, 2.75) is 53.6 Å². The molecular formula is C28H29FN4O2. The van der Waals surface area contributed by atoms with Crippen LogP contribution in [0.4, 0.5) is 4.39 Å². The molecule has 0 saturated carbocycles. The Morgan fingerprint density at radius 2 is 1.69 bits per heavy atom. The number of benzene rings is 1. The van der Waals surface area contributed by atoms with Gasteiger partial charge < -0.3 is 4.74 Å². The van der Waals surface area contributed by atoms with Gasteiger partial charge >= 0.3 is 0 Å². The molecule has 0 bridgehead atoms. The standard InChI is InChI=1S/C28H29FN4O2/c1-17-15-31-23(22-11-12-30-27(32-22)28(4,5)6)14-24(17)33-18(2)13-25(19(3)26(33)34)35-16-20-7-9-21(29)10-8-20/h7-15H,16H2,1-6H3. The average Bonchev–Trinajstić information content (AvgIpc) is 2.82.